The van der Waals surface area contributed by atoms with E-state index in [-0.39, 0.29) is 6.09 Å². The van der Waals surface area contributed by atoms with Crippen LogP contribution < -0.4 is 10.1 Å². The number of nitrogens with one attached hydrogen (secondary N) is 1. The third kappa shape index (κ3) is 4.38. The van der Waals surface area contributed by atoms with E-state index in [9.17, 15) is 4.79 Å². The predicted octanol–water partition coefficient (Wildman–Crippen LogP) is 3.63. The van der Waals surface area contributed by atoms with Crippen LogP contribution in [0.3, 0.4) is 0 Å². The smallest absolute Gasteiger partial charge is 0.407 e. The van der Waals surface area contributed by atoms with Crippen molar-refractivity contribution in [3.05, 3.63) is 29.3 Å². The molecule has 1 amide bonds. The van der Waals surface area contributed by atoms with E-state index in [1.54, 1.807) is 7.11 Å². The largest absolute Gasteiger partial charge is 0.496 e. The van der Waals surface area contributed by atoms with Crippen LogP contribution in [0.25, 0.3) is 0 Å². The molecule has 0 spiro atoms. The molecule has 1 aliphatic carbocycles. The Bertz CT molecular complexity index is 519. The van der Waals surface area contributed by atoms with Gasteiger partial charge in [0.2, 0.25) is 0 Å². The van der Waals surface area contributed by atoms with Gasteiger partial charge >= 0.3 is 6.09 Å². The van der Waals surface area contributed by atoms with Crippen LogP contribution in [0.2, 0.25) is 0 Å². The molecule has 0 heterocycles. The summed E-state index contributed by atoms with van der Waals surface area (Å²) in [4.78, 5) is 11.7. The predicted molar refractivity (Wildman–Crippen MR) is 82.8 cm³/mol. The lowest BCUT2D eigenvalue weighted by Gasteiger charge is -2.19. The maximum atomic E-state index is 11.7. The fourth-order valence-corrected chi connectivity index (χ4v) is 2.53. The van der Waals surface area contributed by atoms with Crippen LogP contribution in [-0.2, 0) is 4.74 Å². The van der Waals surface area contributed by atoms with Crippen molar-refractivity contribution >= 4 is 6.09 Å². The fourth-order valence-electron chi connectivity index (χ4n) is 2.53. The Morgan fingerprint density at radius 2 is 2.10 bits per heavy atom. The van der Waals surface area contributed by atoms with Crippen LogP contribution >= 0.6 is 0 Å². The number of aryl methyl sites for hydroxylation is 1. The number of hydrogen-bond donors (Lipinski definition) is 1. The summed E-state index contributed by atoms with van der Waals surface area (Å²) in [7, 11) is 1.70. The van der Waals surface area contributed by atoms with Crippen LogP contribution in [0.4, 0.5) is 4.79 Å². The number of ether oxygens (including phenoxy) is 2. The molecule has 4 heteroatoms. The van der Waals surface area contributed by atoms with Crippen molar-refractivity contribution in [2.24, 2.45) is 5.92 Å². The van der Waals surface area contributed by atoms with E-state index >= 15 is 0 Å². The van der Waals surface area contributed by atoms with E-state index in [0.29, 0.717) is 18.4 Å². The zero-order valence-electron chi connectivity index (χ0n) is 13.5. The summed E-state index contributed by atoms with van der Waals surface area (Å²) in [6.07, 6.45) is 0.736. The highest BCUT2D eigenvalue weighted by molar-refractivity contribution is 5.67. The summed E-state index contributed by atoms with van der Waals surface area (Å²) in [6.45, 7) is 8.33. The van der Waals surface area contributed by atoms with Gasteiger partial charge in [0.25, 0.3) is 0 Å². The number of rotatable bonds is 4. The Morgan fingerprint density at radius 3 is 2.71 bits per heavy atom. The molecule has 1 saturated carbocycles. The van der Waals surface area contributed by atoms with E-state index in [4.69, 9.17) is 9.47 Å². The highest BCUT2D eigenvalue weighted by Crippen LogP contribution is 2.50. The van der Waals surface area contributed by atoms with Gasteiger partial charge in [-0.25, -0.2) is 4.79 Å². The van der Waals surface area contributed by atoms with Crippen LogP contribution in [0.5, 0.6) is 5.75 Å². The standard InChI is InChI=1S/C17H25NO3/c1-11-6-7-15(20-5)14(8-11)13-9-12(13)10-18-16(19)21-17(2,3)4/h6-8,12-13H,9-10H2,1-5H3,(H,18,19). The van der Waals surface area contributed by atoms with Gasteiger partial charge in [-0.2, -0.15) is 0 Å². The van der Waals surface area contributed by atoms with E-state index in [2.05, 4.69) is 24.4 Å². The van der Waals surface area contributed by atoms with Crippen LogP contribution in [0.1, 0.15) is 44.2 Å². The first kappa shape index (κ1) is 15.7. The minimum Gasteiger partial charge on any atom is -0.496 e. The maximum Gasteiger partial charge on any atom is 0.407 e. The van der Waals surface area contributed by atoms with Crippen molar-refractivity contribution in [2.75, 3.05) is 13.7 Å². The molecule has 2 atom stereocenters. The molecule has 0 saturated heterocycles. The molecular formula is C17H25NO3. The number of alkyl carbamates (subject to hydrolysis) is 1. The summed E-state index contributed by atoms with van der Waals surface area (Å²) < 4.78 is 10.7. The lowest BCUT2D eigenvalue weighted by atomic mass is 10.0. The zero-order valence-corrected chi connectivity index (χ0v) is 13.5. The van der Waals surface area contributed by atoms with Gasteiger partial charge in [0, 0.05) is 6.54 Å². The Morgan fingerprint density at radius 1 is 1.38 bits per heavy atom. The second-order valence-corrected chi connectivity index (χ2v) is 6.73. The quantitative estimate of drug-likeness (QED) is 0.921. The van der Waals surface area contributed by atoms with Gasteiger partial charge in [-0.1, -0.05) is 17.7 Å². The third-order valence-electron chi connectivity index (χ3n) is 3.61. The first-order chi connectivity index (χ1) is 9.80. The minimum atomic E-state index is -0.452. The van der Waals surface area contributed by atoms with Gasteiger partial charge in [-0.3, -0.25) is 0 Å². The van der Waals surface area contributed by atoms with Crippen molar-refractivity contribution in [1.82, 2.24) is 5.32 Å². The molecular weight excluding hydrogens is 266 g/mol. The molecule has 0 bridgehead atoms. The molecule has 116 valence electrons. The average Bonchev–Trinajstić information content (AvgIpc) is 3.13. The van der Waals surface area contributed by atoms with Crippen molar-refractivity contribution in [2.45, 2.75) is 45.6 Å². The molecule has 1 aliphatic rings. The Kier molecular flexibility index (Phi) is 4.45. The molecule has 2 unspecified atom stereocenters. The van der Waals surface area contributed by atoms with E-state index in [1.165, 1.54) is 11.1 Å². The number of amides is 1. The van der Waals surface area contributed by atoms with Gasteiger partial charge in [0.1, 0.15) is 11.4 Å². The van der Waals surface area contributed by atoms with Crippen LogP contribution in [-0.4, -0.2) is 25.3 Å². The molecule has 1 fully saturated rings. The number of carbonyl (C=O) groups is 1. The molecule has 4 nitrogen and oxygen atoms in total. The molecule has 1 aromatic carbocycles. The van der Waals surface area contributed by atoms with Crippen molar-refractivity contribution < 1.29 is 14.3 Å². The van der Waals surface area contributed by atoms with Crippen molar-refractivity contribution in [3.8, 4) is 5.75 Å². The van der Waals surface area contributed by atoms with Gasteiger partial charge in [-0.15, -0.1) is 0 Å². The lowest BCUT2D eigenvalue weighted by Crippen LogP contribution is -2.33. The van der Waals surface area contributed by atoms with E-state index in [0.717, 1.165) is 12.2 Å². The second-order valence-electron chi connectivity index (χ2n) is 6.73. The van der Waals surface area contributed by atoms with Crippen LogP contribution in [0, 0.1) is 12.8 Å². The minimum absolute atomic E-state index is 0.343. The number of methoxy groups -OCH3 is 1. The molecule has 1 aromatic rings. The SMILES string of the molecule is COc1ccc(C)cc1C1CC1CNC(=O)OC(C)(C)C. The zero-order chi connectivity index (χ0) is 15.6. The second kappa shape index (κ2) is 5.96. The fraction of sp³-hybridized carbons (Fsp3) is 0.588. The number of benzene rings is 1. The summed E-state index contributed by atoms with van der Waals surface area (Å²) in [5.41, 5.74) is 2.03. The van der Waals surface area contributed by atoms with E-state index < -0.39 is 5.60 Å². The van der Waals surface area contributed by atoms with Crippen LogP contribution in [0.15, 0.2) is 18.2 Å². The van der Waals surface area contributed by atoms with Gasteiger partial charge in [0.05, 0.1) is 7.11 Å². The molecule has 0 aliphatic heterocycles. The molecule has 2 rings (SSSR count). The van der Waals surface area contributed by atoms with Gasteiger partial charge in [-0.05, 0) is 57.6 Å². The molecule has 1 N–H and O–H groups in total. The molecule has 21 heavy (non-hydrogen) atoms. The van der Waals surface area contributed by atoms with Gasteiger partial charge < -0.3 is 14.8 Å². The van der Waals surface area contributed by atoms with E-state index in [1.807, 2.05) is 26.8 Å². The Hall–Kier alpha value is -1.71. The maximum absolute atomic E-state index is 11.7. The van der Waals surface area contributed by atoms with Crippen molar-refractivity contribution in [1.29, 1.82) is 0 Å². The van der Waals surface area contributed by atoms with Crippen molar-refractivity contribution in [3.63, 3.8) is 0 Å². The topological polar surface area (TPSA) is 47.6 Å². The summed E-state index contributed by atoms with van der Waals surface area (Å²) in [6, 6.07) is 6.25. The number of hydrogen-bond acceptors (Lipinski definition) is 3. The number of carbonyl (C=O) groups excluding carboxylic acids is 1. The highest BCUT2D eigenvalue weighted by atomic mass is 16.6. The average molecular weight is 291 g/mol. The Labute approximate surface area is 126 Å². The van der Waals surface area contributed by atoms with Gasteiger partial charge in [0.15, 0.2) is 0 Å². The first-order valence-corrected chi connectivity index (χ1v) is 7.41. The monoisotopic (exact) mass is 291 g/mol. The molecule has 0 aromatic heterocycles. The molecule has 0 radical (unpaired) electrons. The summed E-state index contributed by atoms with van der Waals surface area (Å²) in [5.74, 6) is 1.87. The Balaban J connectivity index is 1.88. The third-order valence-corrected chi connectivity index (χ3v) is 3.61. The lowest BCUT2D eigenvalue weighted by molar-refractivity contribution is 0.0525. The summed E-state index contributed by atoms with van der Waals surface area (Å²) >= 11 is 0. The first-order valence-electron chi connectivity index (χ1n) is 7.41. The normalized spacial score (nSPS) is 20.8. The summed E-state index contributed by atoms with van der Waals surface area (Å²) in [5, 5.41) is 2.85. The highest BCUT2D eigenvalue weighted by Gasteiger charge is 2.40.